The lowest BCUT2D eigenvalue weighted by Crippen LogP contribution is -2.24. The highest BCUT2D eigenvalue weighted by Gasteiger charge is 2.67. The highest BCUT2D eigenvalue weighted by Crippen LogP contribution is 2.64. The molecule has 0 aromatic heterocycles. The number of hydrogen-bond acceptors (Lipinski definition) is 4. The van der Waals surface area contributed by atoms with Crippen molar-refractivity contribution in [1.29, 1.82) is 0 Å². The molecule has 0 spiro atoms. The van der Waals surface area contributed by atoms with E-state index in [9.17, 15) is 9.90 Å². The standard InChI is InChI=1S/C14H15N3O3/c15-17-16-12-6-11(18)10-7-14(10,12)8-20-13(19)9-4-2-1-3-5-9/h1-5,10-12,18H,6-8H2/t10-,11-,12+,14+/m1/s1. The lowest BCUT2D eigenvalue weighted by Gasteiger charge is -2.18. The van der Waals surface area contributed by atoms with Crippen molar-refractivity contribution in [2.75, 3.05) is 6.61 Å². The quantitative estimate of drug-likeness (QED) is 0.394. The summed E-state index contributed by atoms with van der Waals surface area (Å²) in [4.78, 5) is 14.8. The average molecular weight is 273 g/mol. The first-order chi connectivity index (χ1) is 9.67. The van der Waals surface area contributed by atoms with Crippen LogP contribution in [0.5, 0.6) is 0 Å². The Balaban J connectivity index is 1.67. The minimum absolute atomic E-state index is 0.0848. The van der Waals surface area contributed by atoms with Crippen LogP contribution in [0, 0.1) is 11.3 Å². The van der Waals surface area contributed by atoms with Gasteiger partial charge in [0.1, 0.15) is 0 Å². The first-order valence-corrected chi connectivity index (χ1v) is 6.62. The third-order valence-electron chi connectivity index (χ3n) is 4.44. The molecule has 6 heteroatoms. The molecule has 20 heavy (non-hydrogen) atoms. The predicted molar refractivity (Wildman–Crippen MR) is 70.8 cm³/mol. The van der Waals surface area contributed by atoms with E-state index >= 15 is 0 Å². The van der Waals surface area contributed by atoms with Gasteiger partial charge in [0, 0.05) is 16.4 Å². The number of aliphatic hydroxyl groups is 1. The van der Waals surface area contributed by atoms with Gasteiger partial charge >= 0.3 is 5.97 Å². The summed E-state index contributed by atoms with van der Waals surface area (Å²) in [5, 5.41) is 13.6. The lowest BCUT2D eigenvalue weighted by molar-refractivity contribution is 0.0392. The van der Waals surface area contributed by atoms with Crippen LogP contribution in [0.1, 0.15) is 23.2 Å². The molecule has 2 aliphatic rings. The molecular formula is C14H15N3O3. The predicted octanol–water partition coefficient (Wildman–Crippen LogP) is 2.29. The summed E-state index contributed by atoms with van der Waals surface area (Å²) < 4.78 is 5.35. The number of nitrogens with zero attached hydrogens (tertiary/aromatic N) is 3. The molecule has 0 radical (unpaired) electrons. The molecule has 104 valence electrons. The van der Waals surface area contributed by atoms with Gasteiger partial charge in [-0.05, 0) is 36.4 Å². The van der Waals surface area contributed by atoms with Gasteiger partial charge in [-0.1, -0.05) is 23.3 Å². The van der Waals surface area contributed by atoms with Crippen molar-refractivity contribution >= 4 is 5.97 Å². The minimum atomic E-state index is -0.457. The largest absolute Gasteiger partial charge is 0.461 e. The Hall–Kier alpha value is -2.04. The maximum atomic E-state index is 11.9. The topological polar surface area (TPSA) is 95.3 Å². The van der Waals surface area contributed by atoms with Gasteiger partial charge in [0.25, 0.3) is 0 Å². The van der Waals surface area contributed by atoms with Gasteiger partial charge in [-0.3, -0.25) is 0 Å². The Kier molecular flexibility index (Phi) is 3.12. The van der Waals surface area contributed by atoms with Crippen LogP contribution in [0.2, 0.25) is 0 Å². The molecule has 3 rings (SSSR count). The lowest BCUT2D eigenvalue weighted by atomic mass is 10.00. The van der Waals surface area contributed by atoms with Gasteiger partial charge in [-0.2, -0.15) is 0 Å². The number of benzene rings is 1. The van der Waals surface area contributed by atoms with Crippen LogP contribution in [0.3, 0.4) is 0 Å². The van der Waals surface area contributed by atoms with Crippen LogP contribution in [-0.2, 0) is 4.74 Å². The van der Waals surface area contributed by atoms with Crippen molar-refractivity contribution < 1.29 is 14.6 Å². The number of esters is 1. The van der Waals surface area contributed by atoms with Gasteiger partial charge in [0.15, 0.2) is 0 Å². The Bertz CT molecular complexity index is 570. The second-order valence-electron chi connectivity index (χ2n) is 5.51. The van der Waals surface area contributed by atoms with Crippen LogP contribution >= 0.6 is 0 Å². The summed E-state index contributed by atoms with van der Waals surface area (Å²) in [5.74, 6) is -0.298. The van der Waals surface area contributed by atoms with Crippen molar-refractivity contribution in [1.82, 2.24) is 0 Å². The molecule has 0 saturated heterocycles. The Labute approximate surface area is 116 Å². The Morgan fingerprint density at radius 3 is 2.90 bits per heavy atom. The SMILES string of the molecule is [N-]=[N+]=N[C@H]1C[C@@H](O)[C@H]2C[C@@]12COC(=O)c1ccccc1. The molecule has 2 aliphatic carbocycles. The van der Waals surface area contributed by atoms with E-state index in [1.165, 1.54) is 0 Å². The summed E-state index contributed by atoms with van der Waals surface area (Å²) in [7, 11) is 0. The summed E-state index contributed by atoms with van der Waals surface area (Å²) in [6, 6.07) is 8.49. The monoisotopic (exact) mass is 273 g/mol. The number of carbonyl (C=O) groups excluding carboxylic acids is 1. The van der Waals surface area contributed by atoms with E-state index in [0.717, 1.165) is 6.42 Å². The van der Waals surface area contributed by atoms with E-state index in [1.54, 1.807) is 24.3 Å². The van der Waals surface area contributed by atoms with Gasteiger partial charge in [0.2, 0.25) is 0 Å². The van der Waals surface area contributed by atoms with E-state index < -0.39 is 6.10 Å². The molecule has 0 amide bonds. The fourth-order valence-electron chi connectivity index (χ4n) is 3.22. The minimum Gasteiger partial charge on any atom is -0.461 e. The summed E-state index contributed by atoms with van der Waals surface area (Å²) >= 11 is 0. The van der Waals surface area contributed by atoms with Gasteiger partial charge in [-0.25, -0.2) is 4.79 Å². The summed E-state index contributed by atoms with van der Waals surface area (Å²) in [6.45, 7) is 0.201. The molecule has 2 fully saturated rings. The molecule has 2 saturated carbocycles. The van der Waals surface area contributed by atoms with Gasteiger partial charge in [0.05, 0.1) is 18.3 Å². The number of ether oxygens (including phenoxy) is 1. The van der Waals surface area contributed by atoms with Crippen LogP contribution in [0.25, 0.3) is 10.4 Å². The van der Waals surface area contributed by atoms with Crippen LogP contribution in [-0.4, -0.2) is 29.8 Å². The molecule has 0 unspecified atom stereocenters. The zero-order valence-electron chi connectivity index (χ0n) is 10.8. The molecule has 0 bridgehead atoms. The van der Waals surface area contributed by atoms with Crippen molar-refractivity contribution in [3.05, 3.63) is 46.3 Å². The fourth-order valence-corrected chi connectivity index (χ4v) is 3.22. The number of fused-ring (bicyclic) bond motifs is 1. The Morgan fingerprint density at radius 1 is 1.50 bits per heavy atom. The third kappa shape index (κ3) is 2.03. The van der Waals surface area contributed by atoms with Crippen molar-refractivity contribution in [3.8, 4) is 0 Å². The van der Waals surface area contributed by atoms with E-state index in [-0.39, 0.29) is 30.0 Å². The molecule has 1 aromatic carbocycles. The first-order valence-electron chi connectivity index (χ1n) is 6.62. The maximum absolute atomic E-state index is 11.9. The smallest absolute Gasteiger partial charge is 0.338 e. The second kappa shape index (κ2) is 4.81. The molecule has 1 N–H and O–H groups in total. The first kappa shape index (κ1) is 13.0. The summed E-state index contributed by atoms with van der Waals surface area (Å²) in [5.41, 5.74) is 8.74. The number of rotatable bonds is 4. The van der Waals surface area contributed by atoms with E-state index in [0.29, 0.717) is 12.0 Å². The Morgan fingerprint density at radius 2 is 2.25 bits per heavy atom. The molecular weight excluding hydrogens is 258 g/mol. The molecule has 0 heterocycles. The van der Waals surface area contributed by atoms with Crippen LogP contribution < -0.4 is 0 Å². The van der Waals surface area contributed by atoms with Gasteiger partial charge < -0.3 is 9.84 Å². The van der Waals surface area contributed by atoms with Crippen molar-refractivity contribution in [2.24, 2.45) is 16.4 Å². The molecule has 1 aromatic rings. The summed E-state index contributed by atoms with van der Waals surface area (Å²) in [6.07, 6.45) is 0.748. The third-order valence-corrected chi connectivity index (χ3v) is 4.44. The zero-order valence-corrected chi connectivity index (χ0v) is 10.8. The van der Waals surface area contributed by atoms with Gasteiger partial charge in [-0.15, -0.1) is 0 Å². The van der Waals surface area contributed by atoms with E-state index in [1.807, 2.05) is 6.07 Å². The van der Waals surface area contributed by atoms with Crippen LogP contribution in [0.4, 0.5) is 0 Å². The fraction of sp³-hybridized carbons (Fsp3) is 0.500. The number of aliphatic hydroxyl groups excluding tert-OH is 1. The van der Waals surface area contributed by atoms with Crippen molar-refractivity contribution in [3.63, 3.8) is 0 Å². The molecule has 0 aliphatic heterocycles. The second-order valence-corrected chi connectivity index (χ2v) is 5.51. The normalized spacial score (nSPS) is 34.0. The van der Waals surface area contributed by atoms with Crippen molar-refractivity contribution in [2.45, 2.75) is 25.0 Å². The highest BCUT2D eigenvalue weighted by atomic mass is 16.5. The van der Waals surface area contributed by atoms with E-state index in [2.05, 4.69) is 10.0 Å². The maximum Gasteiger partial charge on any atom is 0.338 e. The van der Waals surface area contributed by atoms with Crippen LogP contribution in [0.15, 0.2) is 35.4 Å². The number of hydrogen-bond donors (Lipinski definition) is 1. The average Bonchev–Trinajstić information content (AvgIpc) is 3.15. The number of carbonyl (C=O) groups is 1. The van der Waals surface area contributed by atoms with E-state index in [4.69, 9.17) is 10.3 Å². The highest BCUT2D eigenvalue weighted by molar-refractivity contribution is 5.89. The molecule has 6 nitrogen and oxygen atoms in total. The molecule has 4 atom stereocenters. The number of azide groups is 1. The zero-order chi connectivity index (χ0) is 14.2.